The van der Waals surface area contributed by atoms with Crippen molar-refractivity contribution in [3.63, 3.8) is 0 Å². The topological polar surface area (TPSA) is 119 Å². The molecule has 0 radical (unpaired) electrons. The Hall–Kier alpha value is -2.63. The lowest BCUT2D eigenvalue weighted by Gasteiger charge is -2.11. The zero-order valence-electron chi connectivity index (χ0n) is 10.6. The van der Waals surface area contributed by atoms with E-state index in [9.17, 15) is 12.8 Å². The molecule has 2 aromatic carbocycles. The lowest BCUT2D eigenvalue weighted by atomic mass is 10.2. The average molecular weight is 307 g/mol. The van der Waals surface area contributed by atoms with Gasteiger partial charge in [-0.2, -0.15) is 5.26 Å². The zero-order chi connectivity index (χ0) is 15.6. The number of rotatable bonds is 3. The molecule has 4 N–H and O–H groups in total. The summed E-state index contributed by atoms with van der Waals surface area (Å²) in [6, 6.07) is 9.34. The molecule has 0 unspecified atom stereocenters. The van der Waals surface area contributed by atoms with Gasteiger partial charge in [0.2, 0.25) is 10.0 Å². The molecule has 0 spiro atoms. The first-order valence-electron chi connectivity index (χ1n) is 5.61. The number of primary sulfonamides is 1. The van der Waals surface area contributed by atoms with Gasteiger partial charge in [-0.05, 0) is 30.3 Å². The largest absolute Gasteiger partial charge is 0.452 e. The van der Waals surface area contributed by atoms with E-state index in [1.807, 2.05) is 0 Å². The van der Waals surface area contributed by atoms with E-state index in [-0.39, 0.29) is 27.6 Å². The molecule has 108 valence electrons. The lowest BCUT2D eigenvalue weighted by Crippen LogP contribution is -2.14. The Kier molecular flexibility index (Phi) is 3.80. The highest BCUT2D eigenvalue weighted by Crippen LogP contribution is 2.33. The van der Waals surface area contributed by atoms with E-state index < -0.39 is 15.8 Å². The van der Waals surface area contributed by atoms with Gasteiger partial charge in [0.15, 0.2) is 17.3 Å². The molecule has 0 aliphatic heterocycles. The molecule has 0 bridgehead atoms. The van der Waals surface area contributed by atoms with E-state index in [1.54, 1.807) is 6.07 Å². The minimum absolute atomic E-state index is 0.0508. The molecule has 8 heteroatoms. The molecular formula is C13H10FN3O3S. The van der Waals surface area contributed by atoms with Gasteiger partial charge in [0.1, 0.15) is 4.90 Å². The van der Waals surface area contributed by atoms with Gasteiger partial charge in [-0.1, -0.05) is 6.07 Å². The standard InChI is InChI=1S/C13H10FN3O3S/c14-9-6-8(7-15)4-5-10(9)20-11-2-1-3-12(13(11)16)21(17,18)19/h1-6H,16H2,(H2,17,18,19). The smallest absolute Gasteiger partial charge is 0.240 e. The number of nitrogens with zero attached hydrogens (tertiary/aromatic N) is 1. The quantitative estimate of drug-likeness (QED) is 0.837. The van der Waals surface area contributed by atoms with E-state index >= 15 is 0 Å². The average Bonchev–Trinajstić information content (AvgIpc) is 2.41. The van der Waals surface area contributed by atoms with Crippen molar-refractivity contribution in [2.45, 2.75) is 4.90 Å². The molecule has 0 aliphatic rings. The SMILES string of the molecule is N#Cc1ccc(Oc2cccc(S(N)(=O)=O)c2N)c(F)c1. The number of ether oxygens (including phenoxy) is 1. The highest BCUT2D eigenvalue weighted by atomic mass is 32.2. The second-order valence-corrected chi connectivity index (χ2v) is 5.60. The van der Waals surface area contributed by atoms with Crippen LogP contribution in [0.4, 0.5) is 10.1 Å². The Morgan fingerprint density at radius 2 is 1.90 bits per heavy atom. The second kappa shape index (κ2) is 5.40. The molecule has 2 rings (SSSR count). The van der Waals surface area contributed by atoms with Crippen molar-refractivity contribution in [1.29, 1.82) is 5.26 Å². The molecule has 0 saturated carbocycles. The van der Waals surface area contributed by atoms with E-state index in [2.05, 4.69) is 0 Å². The third-order valence-electron chi connectivity index (χ3n) is 2.61. The first kappa shape index (κ1) is 14.8. The summed E-state index contributed by atoms with van der Waals surface area (Å²) in [5, 5.41) is 13.7. The van der Waals surface area contributed by atoms with Crippen LogP contribution in [-0.2, 0) is 10.0 Å². The third-order valence-corrected chi connectivity index (χ3v) is 3.58. The van der Waals surface area contributed by atoms with Gasteiger partial charge < -0.3 is 10.5 Å². The summed E-state index contributed by atoms with van der Waals surface area (Å²) >= 11 is 0. The van der Waals surface area contributed by atoms with E-state index in [0.717, 1.165) is 6.07 Å². The molecule has 0 amide bonds. The van der Waals surface area contributed by atoms with Crippen LogP contribution in [0.3, 0.4) is 0 Å². The van der Waals surface area contributed by atoms with Crippen LogP contribution >= 0.6 is 0 Å². The number of anilines is 1. The summed E-state index contributed by atoms with van der Waals surface area (Å²) in [7, 11) is -4.01. The summed E-state index contributed by atoms with van der Waals surface area (Å²) in [5.41, 5.74) is 5.58. The van der Waals surface area contributed by atoms with Crippen molar-refractivity contribution >= 4 is 15.7 Å². The fourth-order valence-electron chi connectivity index (χ4n) is 1.63. The molecular weight excluding hydrogens is 297 g/mol. The van der Waals surface area contributed by atoms with Gasteiger partial charge >= 0.3 is 0 Å². The molecule has 0 aliphatic carbocycles. The van der Waals surface area contributed by atoms with Crippen LogP contribution < -0.4 is 15.6 Å². The number of nitrogens with two attached hydrogens (primary N) is 2. The van der Waals surface area contributed by atoms with Gasteiger partial charge in [0.25, 0.3) is 0 Å². The molecule has 0 atom stereocenters. The van der Waals surface area contributed by atoms with Crippen LogP contribution in [-0.4, -0.2) is 8.42 Å². The number of hydrogen-bond donors (Lipinski definition) is 2. The van der Waals surface area contributed by atoms with E-state index in [4.69, 9.17) is 20.9 Å². The summed E-state index contributed by atoms with van der Waals surface area (Å²) < 4.78 is 41.7. The van der Waals surface area contributed by atoms with Crippen molar-refractivity contribution in [2.24, 2.45) is 5.14 Å². The van der Waals surface area contributed by atoms with Crippen LogP contribution in [0.15, 0.2) is 41.3 Å². The predicted molar refractivity (Wildman–Crippen MR) is 73.4 cm³/mol. The van der Waals surface area contributed by atoms with Crippen molar-refractivity contribution < 1.29 is 17.5 Å². The third kappa shape index (κ3) is 3.10. The monoisotopic (exact) mass is 307 g/mol. The minimum Gasteiger partial charge on any atom is -0.452 e. The Morgan fingerprint density at radius 1 is 1.19 bits per heavy atom. The van der Waals surface area contributed by atoms with E-state index in [0.29, 0.717) is 0 Å². The second-order valence-electron chi connectivity index (χ2n) is 4.07. The van der Waals surface area contributed by atoms with Crippen molar-refractivity contribution in [1.82, 2.24) is 0 Å². The zero-order valence-corrected chi connectivity index (χ0v) is 11.4. The molecule has 0 saturated heterocycles. The van der Waals surface area contributed by atoms with Crippen molar-refractivity contribution in [3.05, 3.63) is 47.8 Å². The maximum atomic E-state index is 13.7. The van der Waals surface area contributed by atoms with Crippen LogP contribution in [0.2, 0.25) is 0 Å². The normalized spacial score (nSPS) is 10.9. The summed E-state index contributed by atoms with van der Waals surface area (Å²) in [6.45, 7) is 0. The molecule has 0 aromatic heterocycles. The first-order valence-corrected chi connectivity index (χ1v) is 7.16. The van der Waals surface area contributed by atoms with Crippen LogP contribution in [0.5, 0.6) is 11.5 Å². The molecule has 6 nitrogen and oxygen atoms in total. The van der Waals surface area contributed by atoms with E-state index in [1.165, 1.54) is 30.3 Å². The Balaban J connectivity index is 2.44. The van der Waals surface area contributed by atoms with Crippen LogP contribution in [0.25, 0.3) is 0 Å². The minimum atomic E-state index is -4.01. The lowest BCUT2D eigenvalue weighted by molar-refractivity contribution is 0.443. The Labute approximate surface area is 120 Å². The highest BCUT2D eigenvalue weighted by molar-refractivity contribution is 7.89. The summed E-state index contributed by atoms with van der Waals surface area (Å²) in [4.78, 5) is -0.311. The van der Waals surface area contributed by atoms with Gasteiger partial charge in [-0.15, -0.1) is 0 Å². The number of para-hydroxylation sites is 1. The van der Waals surface area contributed by atoms with Gasteiger partial charge in [0.05, 0.1) is 17.3 Å². The Bertz CT molecular complexity index is 844. The van der Waals surface area contributed by atoms with Gasteiger partial charge in [0, 0.05) is 0 Å². The molecule has 21 heavy (non-hydrogen) atoms. The van der Waals surface area contributed by atoms with Gasteiger partial charge in [-0.3, -0.25) is 0 Å². The number of hydrogen-bond acceptors (Lipinski definition) is 5. The van der Waals surface area contributed by atoms with Gasteiger partial charge in [-0.25, -0.2) is 17.9 Å². The molecule has 0 heterocycles. The summed E-state index contributed by atoms with van der Waals surface area (Å²) in [5.74, 6) is -1.01. The van der Waals surface area contributed by atoms with Crippen molar-refractivity contribution in [3.8, 4) is 17.6 Å². The Morgan fingerprint density at radius 3 is 2.48 bits per heavy atom. The van der Waals surface area contributed by atoms with Crippen LogP contribution in [0.1, 0.15) is 5.56 Å². The first-order chi connectivity index (χ1) is 9.82. The van der Waals surface area contributed by atoms with Crippen molar-refractivity contribution in [2.75, 3.05) is 5.73 Å². The predicted octanol–water partition coefficient (Wildman–Crippen LogP) is 1.72. The maximum absolute atomic E-state index is 13.7. The number of benzene rings is 2. The fourth-order valence-corrected chi connectivity index (χ4v) is 2.31. The molecule has 2 aromatic rings. The summed E-state index contributed by atoms with van der Waals surface area (Å²) in [6.07, 6.45) is 0. The number of nitriles is 1. The fraction of sp³-hybridized carbons (Fsp3) is 0. The highest BCUT2D eigenvalue weighted by Gasteiger charge is 2.17. The maximum Gasteiger partial charge on any atom is 0.240 e. The number of halogens is 1. The van der Waals surface area contributed by atoms with Crippen LogP contribution in [0, 0.1) is 17.1 Å². The molecule has 0 fully saturated rings. The number of sulfonamides is 1. The number of nitrogen functional groups attached to an aromatic ring is 1.